The van der Waals surface area contributed by atoms with E-state index in [1.165, 1.54) is 25.1 Å². The van der Waals surface area contributed by atoms with Gasteiger partial charge in [-0.25, -0.2) is 4.98 Å². The molecule has 0 atom stereocenters. The summed E-state index contributed by atoms with van der Waals surface area (Å²) in [4.78, 5) is 14.8. The van der Waals surface area contributed by atoms with E-state index in [2.05, 4.69) is 10.3 Å². The van der Waals surface area contributed by atoms with Crippen LogP contribution in [0.1, 0.15) is 18.7 Å². The van der Waals surface area contributed by atoms with Crippen LogP contribution in [0.3, 0.4) is 0 Å². The van der Waals surface area contributed by atoms with E-state index in [0.717, 1.165) is 6.54 Å². The van der Waals surface area contributed by atoms with Crippen molar-refractivity contribution in [1.29, 1.82) is 0 Å². The number of benzene rings is 1. The van der Waals surface area contributed by atoms with Gasteiger partial charge in [-0.15, -0.1) is 0 Å². The molecule has 0 unspecified atom stereocenters. The first-order chi connectivity index (χ1) is 10.1. The van der Waals surface area contributed by atoms with Gasteiger partial charge in [0.25, 0.3) is 5.69 Å². The van der Waals surface area contributed by atoms with Crippen molar-refractivity contribution in [3.63, 3.8) is 0 Å². The Bertz CT molecular complexity index is 667. The Kier molecular flexibility index (Phi) is 3.90. The molecule has 0 bridgehead atoms. The molecule has 1 saturated carbocycles. The molecule has 0 amide bonds. The summed E-state index contributed by atoms with van der Waals surface area (Å²) in [5.74, 6) is 0.960. The third-order valence-electron chi connectivity index (χ3n) is 3.32. The van der Waals surface area contributed by atoms with Crippen molar-refractivity contribution in [2.45, 2.75) is 25.3 Å². The largest absolute Gasteiger partial charge is 0.440 e. The summed E-state index contributed by atoms with van der Waals surface area (Å²) in [5, 5.41) is 14.8. The molecule has 1 aromatic carbocycles. The molecule has 110 valence electrons. The van der Waals surface area contributed by atoms with Gasteiger partial charge < -0.3 is 9.73 Å². The Balaban J connectivity index is 1.77. The van der Waals surface area contributed by atoms with E-state index in [9.17, 15) is 10.1 Å². The lowest BCUT2D eigenvalue weighted by Crippen LogP contribution is -2.19. The van der Waals surface area contributed by atoms with Crippen molar-refractivity contribution in [2.75, 3.05) is 6.54 Å². The molecule has 6 nitrogen and oxygen atoms in total. The van der Waals surface area contributed by atoms with Gasteiger partial charge in [-0.1, -0.05) is 11.6 Å². The van der Waals surface area contributed by atoms with Crippen molar-refractivity contribution >= 4 is 17.3 Å². The first-order valence-electron chi connectivity index (χ1n) is 6.76. The summed E-state index contributed by atoms with van der Waals surface area (Å²) in [5.41, 5.74) is 0.305. The Labute approximate surface area is 126 Å². The van der Waals surface area contributed by atoms with Crippen LogP contribution < -0.4 is 5.32 Å². The second-order valence-corrected chi connectivity index (χ2v) is 5.45. The highest BCUT2D eigenvalue weighted by Gasteiger charge is 2.21. The van der Waals surface area contributed by atoms with Crippen LogP contribution in [0.2, 0.25) is 5.02 Å². The number of oxazole rings is 1. The fraction of sp³-hybridized carbons (Fsp3) is 0.357. The van der Waals surface area contributed by atoms with E-state index >= 15 is 0 Å². The molecular formula is C14H14ClN3O3. The van der Waals surface area contributed by atoms with Crippen LogP contribution in [0.15, 0.2) is 28.8 Å². The third kappa shape index (κ3) is 3.40. The summed E-state index contributed by atoms with van der Waals surface area (Å²) in [6.07, 6.45) is 4.64. The highest BCUT2D eigenvalue weighted by molar-refractivity contribution is 6.30. The standard InChI is InChI=1S/C14H14ClN3O3/c15-9-1-4-11(12(7-9)18(19)20)13-8-17-14(21-13)5-6-16-10-2-3-10/h1,4,7-8,10,16H,2-3,5-6H2. The van der Waals surface area contributed by atoms with Gasteiger partial charge in [0.15, 0.2) is 11.7 Å². The predicted octanol–water partition coefficient (Wildman–Crippen LogP) is 3.20. The molecule has 1 aromatic heterocycles. The third-order valence-corrected chi connectivity index (χ3v) is 3.56. The summed E-state index contributed by atoms with van der Waals surface area (Å²) >= 11 is 5.80. The van der Waals surface area contributed by atoms with Gasteiger partial charge in [-0.2, -0.15) is 0 Å². The maximum atomic E-state index is 11.1. The Morgan fingerprint density at radius 1 is 1.48 bits per heavy atom. The normalized spacial score (nSPS) is 14.3. The zero-order valence-electron chi connectivity index (χ0n) is 11.2. The van der Waals surface area contributed by atoms with Crippen molar-refractivity contribution in [2.24, 2.45) is 0 Å². The summed E-state index contributed by atoms with van der Waals surface area (Å²) in [6, 6.07) is 5.12. The molecule has 21 heavy (non-hydrogen) atoms. The van der Waals surface area contributed by atoms with Crippen molar-refractivity contribution in [3.05, 3.63) is 45.4 Å². The minimum atomic E-state index is -0.474. The fourth-order valence-electron chi connectivity index (χ4n) is 2.09. The van der Waals surface area contributed by atoms with Gasteiger partial charge in [0, 0.05) is 30.1 Å². The molecule has 0 spiro atoms. The first-order valence-corrected chi connectivity index (χ1v) is 7.13. The second kappa shape index (κ2) is 5.83. The van der Waals surface area contributed by atoms with Crippen molar-refractivity contribution in [3.8, 4) is 11.3 Å². The predicted molar refractivity (Wildman–Crippen MR) is 78.3 cm³/mol. The topological polar surface area (TPSA) is 81.2 Å². The lowest BCUT2D eigenvalue weighted by atomic mass is 10.1. The maximum Gasteiger partial charge on any atom is 0.281 e. The van der Waals surface area contributed by atoms with Crippen LogP contribution in [-0.4, -0.2) is 22.5 Å². The molecule has 1 fully saturated rings. The molecule has 1 heterocycles. The molecule has 0 saturated heterocycles. The molecule has 3 rings (SSSR count). The van der Waals surface area contributed by atoms with Gasteiger partial charge in [0.05, 0.1) is 16.7 Å². The molecule has 1 aliphatic carbocycles. The number of hydrogen-bond donors (Lipinski definition) is 1. The molecular weight excluding hydrogens is 294 g/mol. The van der Waals surface area contributed by atoms with Gasteiger partial charge >= 0.3 is 0 Å². The molecule has 1 aliphatic rings. The summed E-state index contributed by atoms with van der Waals surface area (Å²) in [6.45, 7) is 0.799. The van der Waals surface area contributed by atoms with E-state index in [4.69, 9.17) is 16.0 Å². The van der Waals surface area contributed by atoms with Crippen LogP contribution in [0.4, 0.5) is 5.69 Å². The molecule has 7 heteroatoms. The maximum absolute atomic E-state index is 11.1. The molecule has 0 radical (unpaired) electrons. The van der Waals surface area contributed by atoms with Gasteiger partial charge in [0.1, 0.15) is 0 Å². The number of nitrogens with zero attached hydrogens (tertiary/aromatic N) is 2. The number of hydrogen-bond acceptors (Lipinski definition) is 5. The zero-order valence-corrected chi connectivity index (χ0v) is 12.0. The minimum Gasteiger partial charge on any atom is -0.440 e. The smallest absolute Gasteiger partial charge is 0.281 e. The Hall–Kier alpha value is -1.92. The molecule has 0 aliphatic heterocycles. The van der Waals surface area contributed by atoms with Crippen LogP contribution >= 0.6 is 11.6 Å². The second-order valence-electron chi connectivity index (χ2n) is 5.02. The van der Waals surface area contributed by atoms with Gasteiger partial charge in [0.2, 0.25) is 0 Å². The number of nitro benzene ring substituents is 1. The molecule has 1 N–H and O–H groups in total. The van der Waals surface area contributed by atoms with Crippen LogP contribution in [0.25, 0.3) is 11.3 Å². The molecule has 2 aromatic rings. The lowest BCUT2D eigenvalue weighted by Gasteiger charge is -2.00. The number of aromatic nitrogens is 1. The zero-order chi connectivity index (χ0) is 14.8. The monoisotopic (exact) mass is 307 g/mol. The summed E-state index contributed by atoms with van der Waals surface area (Å²) in [7, 11) is 0. The highest BCUT2D eigenvalue weighted by atomic mass is 35.5. The number of halogens is 1. The van der Waals surface area contributed by atoms with Crippen LogP contribution in [0.5, 0.6) is 0 Å². The highest BCUT2D eigenvalue weighted by Crippen LogP contribution is 2.32. The SMILES string of the molecule is O=[N+]([O-])c1cc(Cl)ccc1-c1cnc(CCNC2CC2)o1. The van der Waals surface area contributed by atoms with Crippen LogP contribution in [0, 0.1) is 10.1 Å². The van der Waals surface area contributed by atoms with Crippen molar-refractivity contribution in [1.82, 2.24) is 10.3 Å². The number of nitro groups is 1. The van der Waals surface area contributed by atoms with E-state index in [1.54, 1.807) is 12.1 Å². The first kappa shape index (κ1) is 14.0. The minimum absolute atomic E-state index is 0.0821. The van der Waals surface area contributed by atoms with Gasteiger partial charge in [-0.3, -0.25) is 10.1 Å². The van der Waals surface area contributed by atoms with Crippen LogP contribution in [-0.2, 0) is 6.42 Å². The Morgan fingerprint density at radius 2 is 2.29 bits per heavy atom. The van der Waals surface area contributed by atoms with E-state index in [0.29, 0.717) is 34.7 Å². The quantitative estimate of drug-likeness (QED) is 0.654. The summed E-state index contributed by atoms with van der Waals surface area (Å²) < 4.78 is 5.60. The Morgan fingerprint density at radius 3 is 3.00 bits per heavy atom. The van der Waals surface area contributed by atoms with E-state index in [-0.39, 0.29) is 5.69 Å². The van der Waals surface area contributed by atoms with E-state index in [1.807, 2.05) is 0 Å². The fourth-order valence-corrected chi connectivity index (χ4v) is 2.25. The average Bonchev–Trinajstić information content (AvgIpc) is 3.16. The lowest BCUT2D eigenvalue weighted by molar-refractivity contribution is -0.384. The van der Waals surface area contributed by atoms with E-state index < -0.39 is 4.92 Å². The number of rotatable bonds is 6. The van der Waals surface area contributed by atoms with Gasteiger partial charge in [-0.05, 0) is 25.0 Å². The average molecular weight is 308 g/mol. The number of nitrogens with one attached hydrogen (secondary N) is 1. The van der Waals surface area contributed by atoms with Crippen molar-refractivity contribution < 1.29 is 9.34 Å².